The van der Waals surface area contributed by atoms with Gasteiger partial charge in [-0.2, -0.15) is 0 Å². The monoisotopic (exact) mass is 405 g/mol. The van der Waals surface area contributed by atoms with Crippen molar-refractivity contribution in [3.05, 3.63) is 65.5 Å². The van der Waals surface area contributed by atoms with Gasteiger partial charge in [0.25, 0.3) is 5.91 Å². The molecule has 2 fully saturated rings. The van der Waals surface area contributed by atoms with Gasteiger partial charge in [-0.05, 0) is 42.7 Å². The lowest BCUT2D eigenvalue weighted by Crippen LogP contribution is -2.38. The average molecular weight is 405 g/mol. The Labute approximate surface area is 176 Å². The SMILES string of the molecule is O=C(c1cccc(CN2CCOCC2)c1)N1CCC(c2nc3ccccc3o2)CC1. The number of carbonyl (C=O) groups is 1. The van der Waals surface area contributed by atoms with Gasteiger partial charge in [-0.25, -0.2) is 4.98 Å². The van der Waals surface area contributed by atoms with Crippen LogP contribution in [0.25, 0.3) is 11.1 Å². The minimum absolute atomic E-state index is 0.120. The number of benzene rings is 2. The first-order valence-electron chi connectivity index (χ1n) is 10.8. The lowest BCUT2D eigenvalue weighted by Gasteiger charge is -2.31. The van der Waals surface area contributed by atoms with Crippen LogP contribution in [0.1, 0.15) is 40.6 Å². The summed E-state index contributed by atoms with van der Waals surface area (Å²) in [6.45, 7) is 5.79. The van der Waals surface area contributed by atoms with Crippen molar-refractivity contribution in [2.75, 3.05) is 39.4 Å². The summed E-state index contributed by atoms with van der Waals surface area (Å²) in [7, 11) is 0. The third-order valence-electron chi connectivity index (χ3n) is 6.13. The van der Waals surface area contributed by atoms with E-state index in [0.29, 0.717) is 0 Å². The normalized spacial score (nSPS) is 18.7. The molecule has 0 atom stereocenters. The number of likely N-dealkylation sites (tertiary alicyclic amines) is 1. The van der Waals surface area contributed by atoms with Crippen LogP contribution in [0.15, 0.2) is 52.9 Å². The molecule has 0 saturated carbocycles. The number of carbonyl (C=O) groups excluding carboxylic acids is 1. The summed E-state index contributed by atoms with van der Waals surface area (Å²) in [4.78, 5) is 22.1. The molecule has 3 aromatic rings. The lowest BCUT2D eigenvalue weighted by molar-refractivity contribution is 0.0341. The summed E-state index contributed by atoms with van der Waals surface area (Å²) in [6.07, 6.45) is 1.76. The summed E-state index contributed by atoms with van der Waals surface area (Å²) >= 11 is 0. The molecule has 0 bridgehead atoms. The van der Waals surface area contributed by atoms with Crippen LogP contribution < -0.4 is 0 Å². The van der Waals surface area contributed by atoms with Crippen molar-refractivity contribution in [2.45, 2.75) is 25.3 Å². The fraction of sp³-hybridized carbons (Fsp3) is 0.417. The minimum Gasteiger partial charge on any atom is -0.440 e. The minimum atomic E-state index is 0.120. The topological polar surface area (TPSA) is 58.8 Å². The van der Waals surface area contributed by atoms with Crippen molar-refractivity contribution in [1.82, 2.24) is 14.8 Å². The molecule has 30 heavy (non-hydrogen) atoms. The Hall–Kier alpha value is -2.70. The highest BCUT2D eigenvalue weighted by Crippen LogP contribution is 2.30. The van der Waals surface area contributed by atoms with Gasteiger partial charge in [0.05, 0.1) is 13.2 Å². The molecular weight excluding hydrogens is 378 g/mol. The highest BCUT2D eigenvalue weighted by atomic mass is 16.5. The number of nitrogens with zero attached hydrogens (tertiary/aromatic N) is 3. The first-order chi connectivity index (χ1) is 14.8. The number of fused-ring (bicyclic) bond motifs is 1. The van der Waals surface area contributed by atoms with Crippen molar-refractivity contribution in [3.63, 3.8) is 0 Å². The number of hydrogen-bond acceptors (Lipinski definition) is 5. The molecule has 6 nitrogen and oxygen atoms in total. The zero-order valence-corrected chi connectivity index (χ0v) is 17.1. The molecule has 0 radical (unpaired) electrons. The number of morpholine rings is 1. The maximum absolute atomic E-state index is 13.1. The number of piperidine rings is 1. The molecule has 2 aliphatic heterocycles. The van der Waals surface area contributed by atoms with E-state index in [9.17, 15) is 4.79 Å². The summed E-state index contributed by atoms with van der Waals surface area (Å²) in [5, 5.41) is 0. The highest BCUT2D eigenvalue weighted by Gasteiger charge is 2.27. The van der Waals surface area contributed by atoms with Gasteiger partial charge in [-0.3, -0.25) is 9.69 Å². The Bertz CT molecular complexity index is 984. The van der Waals surface area contributed by atoms with Crippen LogP contribution >= 0.6 is 0 Å². The number of hydrogen-bond donors (Lipinski definition) is 0. The average Bonchev–Trinajstić information content (AvgIpc) is 3.24. The van der Waals surface area contributed by atoms with E-state index in [0.717, 1.165) is 81.3 Å². The Kier molecular flexibility index (Phi) is 5.51. The fourth-order valence-electron chi connectivity index (χ4n) is 4.40. The molecule has 1 amide bonds. The Morgan fingerprint density at radius 2 is 1.80 bits per heavy atom. The number of amides is 1. The smallest absolute Gasteiger partial charge is 0.253 e. The number of ether oxygens (including phenoxy) is 1. The highest BCUT2D eigenvalue weighted by molar-refractivity contribution is 5.94. The van der Waals surface area contributed by atoms with Crippen molar-refractivity contribution in [2.24, 2.45) is 0 Å². The van der Waals surface area contributed by atoms with E-state index in [1.807, 2.05) is 47.4 Å². The third kappa shape index (κ3) is 4.11. The van der Waals surface area contributed by atoms with Gasteiger partial charge in [0.2, 0.25) is 0 Å². The second-order valence-corrected chi connectivity index (χ2v) is 8.18. The summed E-state index contributed by atoms with van der Waals surface area (Å²) in [5.41, 5.74) is 3.70. The van der Waals surface area contributed by atoms with E-state index in [-0.39, 0.29) is 11.8 Å². The van der Waals surface area contributed by atoms with Crippen LogP contribution in [0, 0.1) is 0 Å². The standard InChI is InChI=1S/C24H27N3O3/c28-24(20-5-3-4-18(16-20)17-26-12-14-29-15-13-26)27-10-8-19(9-11-27)23-25-21-6-1-2-7-22(21)30-23/h1-7,16,19H,8-15,17H2. The molecule has 2 aliphatic rings. The second kappa shape index (κ2) is 8.58. The first kappa shape index (κ1) is 19.3. The summed E-state index contributed by atoms with van der Waals surface area (Å²) in [5.74, 6) is 1.19. The predicted molar refractivity (Wildman–Crippen MR) is 114 cm³/mol. The maximum Gasteiger partial charge on any atom is 0.253 e. The van der Waals surface area contributed by atoms with Gasteiger partial charge in [-0.1, -0.05) is 24.3 Å². The van der Waals surface area contributed by atoms with Gasteiger partial charge in [0.15, 0.2) is 11.5 Å². The number of aromatic nitrogens is 1. The molecule has 2 aromatic carbocycles. The Morgan fingerprint density at radius 3 is 2.60 bits per heavy atom. The van der Waals surface area contributed by atoms with E-state index < -0.39 is 0 Å². The fourth-order valence-corrected chi connectivity index (χ4v) is 4.40. The molecule has 2 saturated heterocycles. The van der Waals surface area contributed by atoms with Crippen molar-refractivity contribution < 1.29 is 13.9 Å². The lowest BCUT2D eigenvalue weighted by atomic mass is 9.96. The molecule has 156 valence electrons. The maximum atomic E-state index is 13.1. The van der Waals surface area contributed by atoms with Crippen LogP contribution in [-0.4, -0.2) is 60.1 Å². The second-order valence-electron chi connectivity index (χ2n) is 8.18. The van der Waals surface area contributed by atoms with Crippen LogP contribution in [0.2, 0.25) is 0 Å². The molecule has 0 N–H and O–H groups in total. The number of rotatable bonds is 4. The zero-order chi connectivity index (χ0) is 20.3. The largest absolute Gasteiger partial charge is 0.440 e. The van der Waals surface area contributed by atoms with Crippen LogP contribution in [0.5, 0.6) is 0 Å². The molecule has 5 rings (SSSR count). The van der Waals surface area contributed by atoms with E-state index >= 15 is 0 Å². The quantitative estimate of drug-likeness (QED) is 0.663. The molecule has 0 aliphatic carbocycles. The van der Waals surface area contributed by atoms with E-state index in [1.54, 1.807) is 0 Å². The predicted octanol–water partition coefficient (Wildman–Crippen LogP) is 3.68. The van der Waals surface area contributed by atoms with Gasteiger partial charge in [0, 0.05) is 44.2 Å². The van der Waals surface area contributed by atoms with Gasteiger partial charge in [-0.15, -0.1) is 0 Å². The van der Waals surface area contributed by atoms with E-state index in [1.165, 1.54) is 5.56 Å². The molecular formula is C24H27N3O3. The van der Waals surface area contributed by atoms with E-state index in [4.69, 9.17) is 9.15 Å². The number of para-hydroxylation sites is 2. The van der Waals surface area contributed by atoms with Gasteiger partial charge >= 0.3 is 0 Å². The van der Waals surface area contributed by atoms with E-state index in [2.05, 4.69) is 16.0 Å². The van der Waals surface area contributed by atoms with Gasteiger partial charge in [0.1, 0.15) is 5.52 Å². The molecule has 1 aromatic heterocycles. The van der Waals surface area contributed by atoms with Crippen LogP contribution in [0.3, 0.4) is 0 Å². The molecule has 6 heteroatoms. The van der Waals surface area contributed by atoms with Crippen molar-refractivity contribution in [1.29, 1.82) is 0 Å². The Balaban J connectivity index is 1.21. The van der Waals surface area contributed by atoms with Crippen LogP contribution in [0.4, 0.5) is 0 Å². The first-order valence-corrected chi connectivity index (χ1v) is 10.8. The third-order valence-corrected chi connectivity index (χ3v) is 6.13. The molecule has 3 heterocycles. The van der Waals surface area contributed by atoms with Crippen molar-refractivity contribution in [3.8, 4) is 0 Å². The van der Waals surface area contributed by atoms with Gasteiger partial charge < -0.3 is 14.1 Å². The summed E-state index contributed by atoms with van der Waals surface area (Å²) < 4.78 is 11.4. The number of oxazole rings is 1. The Morgan fingerprint density at radius 1 is 1.00 bits per heavy atom. The molecule has 0 spiro atoms. The summed E-state index contributed by atoms with van der Waals surface area (Å²) in [6, 6.07) is 15.9. The van der Waals surface area contributed by atoms with Crippen molar-refractivity contribution >= 4 is 17.0 Å². The molecule has 0 unspecified atom stereocenters. The zero-order valence-electron chi connectivity index (χ0n) is 17.1. The van der Waals surface area contributed by atoms with Crippen LogP contribution in [-0.2, 0) is 11.3 Å².